The minimum absolute atomic E-state index is 0.0943. The molecule has 168 valence electrons. The van der Waals surface area contributed by atoms with Crippen LogP contribution in [0.5, 0.6) is 11.5 Å². The normalized spacial score (nSPS) is 11.3. The fraction of sp³-hybridized carbons (Fsp3) is 0.0909. The highest BCUT2D eigenvalue weighted by Gasteiger charge is 2.37. The predicted octanol–water partition coefficient (Wildman–Crippen LogP) is 5.90. The predicted molar refractivity (Wildman–Crippen MR) is 115 cm³/mol. The smallest absolute Gasteiger partial charge is 0.433 e. The number of nitro benzene ring substituents is 1. The Kier molecular flexibility index (Phi) is 5.69. The molecule has 0 atom stereocenters. The van der Waals surface area contributed by atoms with Gasteiger partial charge >= 0.3 is 6.18 Å². The van der Waals surface area contributed by atoms with Crippen LogP contribution in [0.15, 0.2) is 66.9 Å². The molecule has 11 heteroatoms. The maximum atomic E-state index is 13.6. The number of imidazole rings is 1. The molecule has 0 radical (unpaired) electrons. The molecule has 2 aromatic heterocycles. The molecule has 4 rings (SSSR count). The molecule has 0 amide bonds. The molecule has 4 aromatic rings. The van der Waals surface area contributed by atoms with E-state index in [1.54, 1.807) is 25.2 Å². The number of nitrogens with one attached hydrogen (secondary N) is 2. The van der Waals surface area contributed by atoms with E-state index in [0.717, 1.165) is 0 Å². The first kappa shape index (κ1) is 21.8. The van der Waals surface area contributed by atoms with Crippen LogP contribution >= 0.6 is 0 Å². The monoisotopic (exact) mass is 455 g/mol. The zero-order chi connectivity index (χ0) is 23.6. The number of H-pyrrole nitrogens is 1. The van der Waals surface area contributed by atoms with Crippen molar-refractivity contribution in [2.45, 2.75) is 6.18 Å². The van der Waals surface area contributed by atoms with Gasteiger partial charge in [0, 0.05) is 24.9 Å². The van der Waals surface area contributed by atoms with Crippen molar-refractivity contribution < 1.29 is 22.8 Å². The van der Waals surface area contributed by atoms with Crippen LogP contribution in [0.2, 0.25) is 0 Å². The van der Waals surface area contributed by atoms with E-state index >= 15 is 0 Å². The van der Waals surface area contributed by atoms with E-state index in [0.29, 0.717) is 11.3 Å². The lowest BCUT2D eigenvalue weighted by molar-refractivity contribution is -0.384. The third kappa shape index (κ3) is 4.61. The largest absolute Gasteiger partial charge is 0.457 e. The number of nitro groups is 1. The second kappa shape index (κ2) is 8.61. The molecule has 2 heterocycles. The summed E-state index contributed by atoms with van der Waals surface area (Å²) in [6, 6.07) is 15.1. The molecule has 2 N–H and O–H groups in total. The van der Waals surface area contributed by atoms with Crippen molar-refractivity contribution in [2.75, 3.05) is 12.4 Å². The zero-order valence-electron chi connectivity index (χ0n) is 17.1. The highest BCUT2D eigenvalue weighted by Crippen LogP contribution is 2.37. The van der Waals surface area contributed by atoms with Crippen molar-refractivity contribution in [1.29, 1.82) is 0 Å². The summed E-state index contributed by atoms with van der Waals surface area (Å²) < 4.78 is 46.5. The minimum Gasteiger partial charge on any atom is -0.457 e. The number of anilines is 1. The molecule has 0 aliphatic rings. The SMILES string of the molecule is CNc1ccc(Oc2ccnc(-c3nc(-c4ccccc4)c(C(F)(F)F)[nH]3)c2)cc1[N+](=O)[O-]. The minimum atomic E-state index is -4.65. The summed E-state index contributed by atoms with van der Waals surface area (Å²) in [5.41, 5.74) is -0.693. The van der Waals surface area contributed by atoms with Gasteiger partial charge in [-0.15, -0.1) is 0 Å². The van der Waals surface area contributed by atoms with Crippen LogP contribution < -0.4 is 10.1 Å². The average molecular weight is 455 g/mol. The lowest BCUT2D eigenvalue weighted by Crippen LogP contribution is -2.07. The Morgan fingerprint density at radius 2 is 1.79 bits per heavy atom. The molecule has 0 unspecified atom stereocenters. The third-order valence-corrected chi connectivity index (χ3v) is 4.68. The van der Waals surface area contributed by atoms with Crippen LogP contribution in [0, 0.1) is 10.1 Å². The van der Waals surface area contributed by atoms with Crippen molar-refractivity contribution in [3.63, 3.8) is 0 Å². The van der Waals surface area contributed by atoms with Crippen LogP contribution in [-0.2, 0) is 6.18 Å². The van der Waals surface area contributed by atoms with Gasteiger partial charge in [0.2, 0.25) is 0 Å². The number of rotatable bonds is 6. The summed E-state index contributed by atoms with van der Waals surface area (Å²) >= 11 is 0. The Labute approximate surface area is 185 Å². The number of halogens is 3. The molecule has 0 saturated heterocycles. The maximum Gasteiger partial charge on any atom is 0.433 e. The number of aromatic nitrogens is 3. The first-order chi connectivity index (χ1) is 15.8. The summed E-state index contributed by atoms with van der Waals surface area (Å²) in [7, 11) is 1.56. The van der Waals surface area contributed by atoms with Crippen molar-refractivity contribution in [1.82, 2.24) is 15.0 Å². The summed E-state index contributed by atoms with van der Waals surface area (Å²) in [4.78, 5) is 21.2. The average Bonchev–Trinajstić information content (AvgIpc) is 3.26. The maximum absolute atomic E-state index is 13.6. The van der Waals surface area contributed by atoms with Crippen molar-refractivity contribution in [3.8, 4) is 34.3 Å². The van der Waals surface area contributed by atoms with Crippen LogP contribution in [0.1, 0.15) is 5.69 Å². The van der Waals surface area contributed by atoms with E-state index in [1.807, 2.05) is 0 Å². The van der Waals surface area contributed by atoms with Crippen molar-refractivity contribution in [2.24, 2.45) is 0 Å². The summed E-state index contributed by atoms with van der Waals surface area (Å²) in [6.07, 6.45) is -3.31. The molecule has 0 fully saturated rings. The third-order valence-electron chi connectivity index (χ3n) is 4.68. The number of nitrogens with zero attached hydrogens (tertiary/aromatic N) is 3. The molecule has 0 aliphatic carbocycles. The molecule has 0 bridgehead atoms. The Morgan fingerprint density at radius 3 is 2.45 bits per heavy atom. The lowest BCUT2D eigenvalue weighted by atomic mass is 10.1. The lowest BCUT2D eigenvalue weighted by Gasteiger charge is -2.08. The number of aromatic amines is 1. The first-order valence-electron chi connectivity index (χ1n) is 9.59. The number of pyridine rings is 1. The van der Waals surface area contributed by atoms with Crippen LogP contribution in [0.25, 0.3) is 22.8 Å². The van der Waals surface area contributed by atoms with Crippen LogP contribution in [0.3, 0.4) is 0 Å². The zero-order valence-corrected chi connectivity index (χ0v) is 17.1. The van der Waals surface area contributed by atoms with Gasteiger partial charge in [0.15, 0.2) is 5.82 Å². The van der Waals surface area contributed by atoms with Gasteiger partial charge in [0.1, 0.15) is 34.3 Å². The van der Waals surface area contributed by atoms with Gasteiger partial charge < -0.3 is 15.0 Å². The molecule has 33 heavy (non-hydrogen) atoms. The van der Waals surface area contributed by atoms with Gasteiger partial charge in [0.25, 0.3) is 5.69 Å². The van der Waals surface area contributed by atoms with Gasteiger partial charge in [-0.3, -0.25) is 15.1 Å². The molecule has 0 aliphatic heterocycles. The Bertz CT molecular complexity index is 1310. The van der Waals surface area contributed by atoms with Gasteiger partial charge in [-0.1, -0.05) is 30.3 Å². The van der Waals surface area contributed by atoms with E-state index in [1.165, 1.54) is 48.7 Å². The fourth-order valence-electron chi connectivity index (χ4n) is 3.18. The topological polar surface area (TPSA) is 106 Å². The van der Waals surface area contributed by atoms with Crippen LogP contribution in [-0.4, -0.2) is 26.9 Å². The fourth-order valence-corrected chi connectivity index (χ4v) is 3.18. The highest BCUT2D eigenvalue weighted by molar-refractivity contribution is 5.67. The molecule has 8 nitrogen and oxygen atoms in total. The van der Waals surface area contributed by atoms with E-state index in [-0.39, 0.29) is 34.4 Å². The van der Waals surface area contributed by atoms with E-state index in [2.05, 4.69) is 20.3 Å². The highest BCUT2D eigenvalue weighted by atomic mass is 19.4. The first-order valence-corrected chi connectivity index (χ1v) is 9.59. The Hall–Kier alpha value is -4.41. The Morgan fingerprint density at radius 1 is 1.06 bits per heavy atom. The Balaban J connectivity index is 1.70. The summed E-state index contributed by atoms with van der Waals surface area (Å²) in [5, 5.41) is 14.0. The summed E-state index contributed by atoms with van der Waals surface area (Å²) in [5.74, 6) is 0.305. The van der Waals surface area contributed by atoms with E-state index in [4.69, 9.17) is 4.74 Å². The molecule has 0 saturated carbocycles. The molecular weight excluding hydrogens is 439 g/mol. The van der Waals surface area contributed by atoms with Gasteiger partial charge in [-0.25, -0.2) is 4.98 Å². The van der Waals surface area contributed by atoms with Crippen molar-refractivity contribution in [3.05, 3.63) is 82.7 Å². The van der Waals surface area contributed by atoms with Crippen molar-refractivity contribution >= 4 is 11.4 Å². The van der Waals surface area contributed by atoms with E-state index in [9.17, 15) is 23.3 Å². The quantitative estimate of drug-likeness (QED) is 0.277. The number of alkyl halides is 3. The molecule has 0 spiro atoms. The number of hydrogen-bond acceptors (Lipinski definition) is 6. The number of hydrogen-bond donors (Lipinski definition) is 2. The second-order valence-corrected chi connectivity index (χ2v) is 6.84. The van der Waals surface area contributed by atoms with E-state index < -0.39 is 16.8 Å². The van der Waals surface area contributed by atoms with Crippen LogP contribution in [0.4, 0.5) is 24.5 Å². The summed E-state index contributed by atoms with van der Waals surface area (Å²) in [6.45, 7) is 0. The van der Waals surface area contributed by atoms with Gasteiger partial charge in [-0.2, -0.15) is 13.2 Å². The molecular formula is C22H16F3N5O3. The van der Waals surface area contributed by atoms with Gasteiger partial charge in [0.05, 0.1) is 11.0 Å². The standard InChI is InChI=1S/C22H16F3N5O3/c1-26-16-8-7-14(12-18(16)30(31)32)33-15-9-10-27-17(11-15)21-28-19(13-5-3-2-4-6-13)20(29-21)22(23,24)25/h2-12,26H,1H3,(H,28,29). The molecule has 2 aromatic carbocycles. The number of ether oxygens (including phenoxy) is 1. The number of benzene rings is 2. The van der Waals surface area contributed by atoms with Gasteiger partial charge in [-0.05, 0) is 18.2 Å². The second-order valence-electron chi connectivity index (χ2n) is 6.84.